The Hall–Kier alpha value is -1.30. The van der Waals surface area contributed by atoms with Crippen LogP contribution >= 0.6 is 0 Å². The fraction of sp³-hybridized carbons (Fsp3) is 0.857. The minimum Gasteiger partial charge on any atom is -0.480 e. The maximum absolute atomic E-state index is 12.6. The van der Waals surface area contributed by atoms with Crippen molar-refractivity contribution < 1.29 is 19.8 Å². The highest BCUT2D eigenvalue weighted by atomic mass is 16.4. The largest absolute Gasteiger partial charge is 0.480 e. The second-order valence-corrected chi connectivity index (χ2v) is 6.39. The van der Waals surface area contributed by atoms with Crippen LogP contribution in [-0.2, 0) is 4.79 Å². The number of hydrogen-bond acceptors (Lipinski definition) is 3. The first-order valence-corrected chi connectivity index (χ1v) is 7.29. The van der Waals surface area contributed by atoms with Crippen molar-refractivity contribution in [2.24, 2.45) is 11.8 Å². The zero-order valence-corrected chi connectivity index (χ0v) is 12.3. The molecule has 2 saturated heterocycles. The van der Waals surface area contributed by atoms with Crippen LogP contribution in [0.3, 0.4) is 0 Å². The molecular formula is C14H24N2O4. The molecule has 0 saturated carbocycles. The van der Waals surface area contributed by atoms with Crippen LogP contribution in [0.4, 0.5) is 4.79 Å². The number of likely N-dealkylation sites (tertiary alicyclic amines) is 2. The Morgan fingerprint density at radius 3 is 2.30 bits per heavy atom. The average Bonchev–Trinajstić information content (AvgIpc) is 2.75. The van der Waals surface area contributed by atoms with Crippen molar-refractivity contribution in [1.82, 2.24) is 9.80 Å². The molecule has 5 atom stereocenters. The normalized spacial score (nSPS) is 38.1. The van der Waals surface area contributed by atoms with E-state index in [0.717, 1.165) is 6.42 Å². The van der Waals surface area contributed by atoms with Crippen LogP contribution in [0.25, 0.3) is 0 Å². The van der Waals surface area contributed by atoms with Gasteiger partial charge in [0, 0.05) is 25.6 Å². The van der Waals surface area contributed by atoms with Crippen molar-refractivity contribution in [3.05, 3.63) is 0 Å². The molecule has 2 fully saturated rings. The molecule has 0 aromatic rings. The number of carbonyl (C=O) groups is 2. The van der Waals surface area contributed by atoms with Gasteiger partial charge in [0.25, 0.3) is 0 Å². The van der Waals surface area contributed by atoms with E-state index in [2.05, 4.69) is 13.8 Å². The lowest BCUT2D eigenvalue weighted by atomic mass is 9.86. The van der Waals surface area contributed by atoms with Gasteiger partial charge in [0.1, 0.15) is 6.04 Å². The van der Waals surface area contributed by atoms with Crippen LogP contribution in [0, 0.1) is 11.8 Å². The summed E-state index contributed by atoms with van der Waals surface area (Å²) in [6, 6.07) is -1.05. The zero-order chi connectivity index (χ0) is 15.0. The number of aliphatic hydroxyl groups excluding tert-OH is 1. The zero-order valence-electron chi connectivity index (χ0n) is 12.3. The number of aliphatic hydroxyl groups is 1. The van der Waals surface area contributed by atoms with Gasteiger partial charge in [0.15, 0.2) is 0 Å². The smallest absolute Gasteiger partial charge is 0.326 e. The van der Waals surface area contributed by atoms with E-state index in [1.165, 1.54) is 4.90 Å². The molecule has 20 heavy (non-hydrogen) atoms. The van der Waals surface area contributed by atoms with Gasteiger partial charge in [-0.15, -0.1) is 0 Å². The molecule has 2 amide bonds. The molecule has 2 heterocycles. The molecule has 0 aromatic heterocycles. The van der Waals surface area contributed by atoms with E-state index < -0.39 is 18.1 Å². The van der Waals surface area contributed by atoms with E-state index in [0.29, 0.717) is 18.4 Å². The molecule has 0 aliphatic carbocycles. The maximum atomic E-state index is 12.6. The minimum atomic E-state index is -1.04. The van der Waals surface area contributed by atoms with E-state index in [-0.39, 0.29) is 25.0 Å². The summed E-state index contributed by atoms with van der Waals surface area (Å²) < 4.78 is 0. The number of carboxylic acids is 1. The number of hydrogen-bond donors (Lipinski definition) is 2. The van der Waals surface area contributed by atoms with E-state index in [4.69, 9.17) is 0 Å². The standard InChI is InChI=1S/C14H24N2O4/c1-8-4-9(2)10(3)15(6-8)14(20)16-7-11(17)5-12(16)13(18)19/h8-12,17H,4-7H2,1-3H3,(H,18,19)/t8?,9?,10?,11?,12-/m0/s1. The van der Waals surface area contributed by atoms with Crippen molar-refractivity contribution >= 4 is 12.0 Å². The van der Waals surface area contributed by atoms with E-state index in [1.54, 1.807) is 4.90 Å². The second kappa shape index (κ2) is 5.60. The van der Waals surface area contributed by atoms with E-state index in [1.807, 2.05) is 6.92 Å². The third kappa shape index (κ3) is 2.75. The molecule has 2 aliphatic heterocycles. The molecule has 2 aliphatic rings. The molecule has 4 unspecified atom stereocenters. The van der Waals surface area contributed by atoms with Crippen LogP contribution in [0.5, 0.6) is 0 Å². The van der Waals surface area contributed by atoms with E-state index in [9.17, 15) is 19.8 Å². The molecule has 114 valence electrons. The Kier molecular flexibility index (Phi) is 4.22. The number of nitrogens with zero attached hydrogens (tertiary/aromatic N) is 2. The van der Waals surface area contributed by atoms with Gasteiger partial charge in [-0.05, 0) is 25.2 Å². The van der Waals surface area contributed by atoms with Crippen LogP contribution in [0.15, 0.2) is 0 Å². The van der Waals surface area contributed by atoms with Gasteiger partial charge >= 0.3 is 12.0 Å². The maximum Gasteiger partial charge on any atom is 0.326 e. The number of β-amino-alcohol motifs (C(OH)–C–C–N with tert-alkyl or cyclic N) is 1. The molecule has 0 aromatic carbocycles. The topological polar surface area (TPSA) is 81.1 Å². The number of urea groups is 1. The van der Waals surface area contributed by atoms with Gasteiger partial charge in [0.05, 0.1) is 6.10 Å². The third-order valence-electron chi connectivity index (χ3n) is 4.65. The number of carbonyl (C=O) groups excluding carboxylic acids is 1. The average molecular weight is 284 g/mol. The van der Waals surface area contributed by atoms with Crippen LogP contribution < -0.4 is 0 Å². The molecule has 2 N–H and O–H groups in total. The summed E-state index contributed by atoms with van der Waals surface area (Å²) in [6.45, 7) is 7.01. The van der Waals surface area contributed by atoms with Crippen molar-refractivity contribution in [3.8, 4) is 0 Å². The third-order valence-corrected chi connectivity index (χ3v) is 4.65. The minimum absolute atomic E-state index is 0.103. The number of amides is 2. The number of aliphatic carboxylic acids is 1. The summed E-state index contributed by atoms with van der Waals surface area (Å²) in [4.78, 5) is 27.0. The number of rotatable bonds is 1. The first kappa shape index (κ1) is 15.1. The Balaban J connectivity index is 2.15. The Morgan fingerprint density at radius 1 is 1.05 bits per heavy atom. The lowest BCUT2D eigenvalue weighted by molar-refractivity contribution is -0.141. The molecule has 0 radical (unpaired) electrons. The van der Waals surface area contributed by atoms with Crippen molar-refractivity contribution in [2.75, 3.05) is 13.1 Å². The predicted molar refractivity (Wildman–Crippen MR) is 73.3 cm³/mol. The molecule has 2 rings (SSSR count). The van der Waals surface area contributed by atoms with Gasteiger partial charge in [-0.2, -0.15) is 0 Å². The highest BCUT2D eigenvalue weighted by molar-refractivity contribution is 5.83. The predicted octanol–water partition coefficient (Wildman–Crippen LogP) is 0.993. The van der Waals surface area contributed by atoms with Gasteiger partial charge < -0.3 is 20.0 Å². The Labute approximate surface area is 119 Å². The summed E-state index contributed by atoms with van der Waals surface area (Å²) >= 11 is 0. The quantitative estimate of drug-likeness (QED) is 0.752. The van der Waals surface area contributed by atoms with Gasteiger partial charge in [-0.3, -0.25) is 0 Å². The lowest BCUT2D eigenvalue weighted by Crippen LogP contribution is -2.55. The first-order chi connectivity index (χ1) is 9.31. The fourth-order valence-corrected chi connectivity index (χ4v) is 3.39. The second-order valence-electron chi connectivity index (χ2n) is 6.39. The summed E-state index contributed by atoms with van der Waals surface area (Å²) in [6.07, 6.45) is 0.458. The first-order valence-electron chi connectivity index (χ1n) is 7.29. The molecular weight excluding hydrogens is 260 g/mol. The van der Waals surface area contributed by atoms with Crippen molar-refractivity contribution in [2.45, 2.75) is 51.8 Å². The van der Waals surface area contributed by atoms with Crippen LogP contribution in [0.1, 0.15) is 33.6 Å². The van der Waals surface area contributed by atoms with Gasteiger partial charge in [0.2, 0.25) is 0 Å². The SMILES string of the molecule is CC1CC(C)C(C)N(C(=O)N2CC(O)C[C@H]2C(=O)O)C1. The van der Waals surface area contributed by atoms with Crippen molar-refractivity contribution in [3.63, 3.8) is 0 Å². The van der Waals surface area contributed by atoms with Crippen LogP contribution in [-0.4, -0.2) is 63.3 Å². The summed E-state index contributed by atoms with van der Waals surface area (Å²) in [5.41, 5.74) is 0. The molecule has 6 heteroatoms. The van der Waals surface area contributed by atoms with Gasteiger partial charge in [-0.1, -0.05) is 13.8 Å². The molecule has 6 nitrogen and oxygen atoms in total. The highest BCUT2D eigenvalue weighted by Gasteiger charge is 2.43. The summed E-state index contributed by atoms with van der Waals surface area (Å²) in [5.74, 6) is -0.222. The number of piperidine rings is 1. The monoisotopic (exact) mass is 284 g/mol. The Morgan fingerprint density at radius 2 is 1.70 bits per heavy atom. The van der Waals surface area contributed by atoms with E-state index >= 15 is 0 Å². The highest BCUT2D eigenvalue weighted by Crippen LogP contribution is 2.29. The number of carboxylic acid groups (broad SMARTS) is 1. The Bertz CT molecular complexity index is 401. The summed E-state index contributed by atoms with van der Waals surface area (Å²) in [5, 5.41) is 18.9. The lowest BCUT2D eigenvalue weighted by Gasteiger charge is -2.43. The molecule has 0 spiro atoms. The van der Waals surface area contributed by atoms with Gasteiger partial charge in [-0.25, -0.2) is 9.59 Å². The summed E-state index contributed by atoms with van der Waals surface area (Å²) in [7, 11) is 0. The van der Waals surface area contributed by atoms with Crippen molar-refractivity contribution in [1.29, 1.82) is 0 Å². The molecule has 0 bridgehead atoms. The van der Waals surface area contributed by atoms with Crippen LogP contribution in [0.2, 0.25) is 0 Å². The fourth-order valence-electron chi connectivity index (χ4n) is 3.39.